The zero-order chi connectivity index (χ0) is 22.1. The first-order valence-corrected chi connectivity index (χ1v) is 11.8. The monoisotopic (exact) mass is 424 g/mol. The Bertz CT molecular complexity index is 840. The van der Waals surface area contributed by atoms with E-state index < -0.39 is 0 Å². The Morgan fingerprint density at radius 2 is 1.87 bits per heavy atom. The maximum absolute atomic E-state index is 12.6. The van der Waals surface area contributed by atoms with Crippen LogP contribution in [0.2, 0.25) is 0 Å². The summed E-state index contributed by atoms with van der Waals surface area (Å²) in [4.78, 5) is 26.9. The van der Waals surface area contributed by atoms with Crippen molar-refractivity contribution in [1.82, 2.24) is 20.0 Å². The van der Waals surface area contributed by atoms with E-state index in [0.717, 1.165) is 57.3 Å². The highest BCUT2D eigenvalue weighted by Gasteiger charge is 2.25. The minimum Gasteiger partial charge on any atom is -0.349 e. The van der Waals surface area contributed by atoms with Gasteiger partial charge in [-0.2, -0.15) is 5.10 Å². The molecule has 0 saturated heterocycles. The van der Waals surface area contributed by atoms with Crippen LogP contribution in [-0.2, 0) is 22.6 Å². The van der Waals surface area contributed by atoms with Crippen LogP contribution in [0.15, 0.2) is 36.5 Å². The van der Waals surface area contributed by atoms with E-state index >= 15 is 0 Å². The minimum absolute atomic E-state index is 0.0214. The van der Waals surface area contributed by atoms with Crippen molar-refractivity contribution < 1.29 is 9.59 Å². The van der Waals surface area contributed by atoms with Crippen LogP contribution in [-0.4, -0.2) is 39.6 Å². The summed E-state index contributed by atoms with van der Waals surface area (Å²) in [6.45, 7) is 6.53. The summed E-state index contributed by atoms with van der Waals surface area (Å²) in [5.41, 5.74) is 3.60. The number of amides is 2. The smallest absolute Gasteiger partial charge is 0.222 e. The Morgan fingerprint density at radius 3 is 2.58 bits per heavy atom. The lowest BCUT2D eigenvalue weighted by Crippen LogP contribution is -2.33. The molecule has 0 fully saturated rings. The quantitative estimate of drug-likeness (QED) is 0.587. The summed E-state index contributed by atoms with van der Waals surface area (Å²) in [5.74, 6) is 0.192. The van der Waals surface area contributed by atoms with Gasteiger partial charge in [-0.3, -0.25) is 14.3 Å². The van der Waals surface area contributed by atoms with Crippen molar-refractivity contribution in [3.63, 3.8) is 0 Å². The molecule has 1 unspecified atom stereocenters. The molecule has 6 nitrogen and oxygen atoms in total. The fraction of sp³-hybridized carbons (Fsp3) is 0.560. The van der Waals surface area contributed by atoms with E-state index in [1.54, 1.807) is 0 Å². The summed E-state index contributed by atoms with van der Waals surface area (Å²) < 4.78 is 2.07. The molecule has 0 saturated carbocycles. The number of aromatic nitrogens is 2. The first kappa shape index (κ1) is 23.0. The molecule has 1 aromatic heterocycles. The molecule has 2 aromatic rings. The number of hydrogen-bond acceptors (Lipinski definition) is 3. The zero-order valence-electron chi connectivity index (χ0n) is 19.0. The number of benzene rings is 1. The number of nitrogens with zero attached hydrogens (tertiary/aromatic N) is 3. The van der Waals surface area contributed by atoms with Gasteiger partial charge in [0.25, 0.3) is 0 Å². The van der Waals surface area contributed by atoms with Crippen molar-refractivity contribution in [2.45, 2.75) is 77.8 Å². The van der Waals surface area contributed by atoms with Gasteiger partial charge in [-0.15, -0.1) is 0 Å². The molecule has 1 atom stereocenters. The lowest BCUT2D eigenvalue weighted by Gasteiger charge is -2.24. The molecule has 0 bridgehead atoms. The predicted octanol–water partition coefficient (Wildman–Crippen LogP) is 4.24. The first-order valence-electron chi connectivity index (χ1n) is 11.8. The van der Waals surface area contributed by atoms with Gasteiger partial charge in [0.05, 0.1) is 18.8 Å². The molecule has 3 rings (SSSR count). The Hall–Kier alpha value is -2.63. The van der Waals surface area contributed by atoms with E-state index in [-0.39, 0.29) is 17.9 Å². The topological polar surface area (TPSA) is 67.2 Å². The normalized spacial score (nSPS) is 15.4. The van der Waals surface area contributed by atoms with Crippen LogP contribution in [0, 0.1) is 0 Å². The third kappa shape index (κ3) is 6.42. The van der Waals surface area contributed by atoms with Crippen molar-refractivity contribution in [3.8, 4) is 0 Å². The van der Waals surface area contributed by atoms with Gasteiger partial charge >= 0.3 is 0 Å². The second kappa shape index (κ2) is 11.7. The lowest BCUT2D eigenvalue weighted by atomic mass is 9.92. The van der Waals surface area contributed by atoms with Crippen LogP contribution in [0.4, 0.5) is 0 Å². The van der Waals surface area contributed by atoms with Crippen LogP contribution in [0.1, 0.15) is 81.7 Å². The summed E-state index contributed by atoms with van der Waals surface area (Å²) in [7, 11) is 0. The average molecular weight is 425 g/mol. The fourth-order valence-corrected chi connectivity index (χ4v) is 4.39. The molecule has 0 aliphatic heterocycles. The summed E-state index contributed by atoms with van der Waals surface area (Å²) in [6.07, 6.45) is 8.26. The second-order valence-corrected chi connectivity index (χ2v) is 8.44. The third-order valence-corrected chi connectivity index (χ3v) is 5.91. The van der Waals surface area contributed by atoms with Crippen LogP contribution in [0.5, 0.6) is 0 Å². The predicted molar refractivity (Wildman–Crippen MR) is 123 cm³/mol. The molecule has 1 heterocycles. The van der Waals surface area contributed by atoms with Gasteiger partial charge < -0.3 is 10.2 Å². The van der Waals surface area contributed by atoms with E-state index in [1.165, 1.54) is 11.3 Å². The minimum atomic E-state index is 0.0214. The van der Waals surface area contributed by atoms with Crippen LogP contribution in [0.3, 0.4) is 0 Å². The molecule has 1 aromatic carbocycles. The van der Waals surface area contributed by atoms with Gasteiger partial charge in [0.1, 0.15) is 0 Å². The maximum atomic E-state index is 12.6. The number of nitrogens with one attached hydrogen (secondary N) is 1. The zero-order valence-corrected chi connectivity index (χ0v) is 19.0. The number of rotatable bonds is 11. The number of carbonyl (C=O) groups is 2. The molecule has 0 radical (unpaired) electrons. The third-order valence-electron chi connectivity index (χ3n) is 5.91. The molecule has 1 N–H and O–H groups in total. The van der Waals surface area contributed by atoms with Crippen molar-refractivity contribution in [2.24, 2.45) is 0 Å². The van der Waals surface area contributed by atoms with Crippen molar-refractivity contribution in [1.29, 1.82) is 0 Å². The highest BCUT2D eigenvalue weighted by atomic mass is 16.2. The Kier molecular flexibility index (Phi) is 8.68. The Labute approximate surface area is 186 Å². The van der Waals surface area contributed by atoms with Gasteiger partial charge in [-0.05, 0) is 44.1 Å². The number of fused-ring (bicyclic) bond motifs is 1. The molecular formula is C25H36N4O2. The Morgan fingerprint density at radius 1 is 1.13 bits per heavy atom. The van der Waals surface area contributed by atoms with Gasteiger partial charge in [-0.25, -0.2) is 0 Å². The average Bonchev–Trinajstić information content (AvgIpc) is 3.18. The van der Waals surface area contributed by atoms with E-state index in [1.807, 2.05) is 29.3 Å². The summed E-state index contributed by atoms with van der Waals surface area (Å²) >= 11 is 0. The number of carbonyl (C=O) groups excluding carboxylic acids is 2. The Balaban J connectivity index is 1.51. The maximum Gasteiger partial charge on any atom is 0.222 e. The lowest BCUT2D eigenvalue weighted by molar-refractivity contribution is -0.131. The molecule has 1 aliphatic rings. The van der Waals surface area contributed by atoms with Gasteiger partial charge in [0.15, 0.2) is 0 Å². The first-order chi connectivity index (χ1) is 15.1. The molecular weight excluding hydrogens is 388 g/mol. The van der Waals surface area contributed by atoms with E-state index in [0.29, 0.717) is 19.3 Å². The van der Waals surface area contributed by atoms with Crippen molar-refractivity contribution in [2.75, 3.05) is 13.1 Å². The second-order valence-electron chi connectivity index (χ2n) is 8.44. The van der Waals surface area contributed by atoms with Crippen molar-refractivity contribution >= 4 is 11.8 Å². The molecule has 31 heavy (non-hydrogen) atoms. The highest BCUT2D eigenvalue weighted by Crippen LogP contribution is 2.30. The molecule has 0 spiro atoms. The molecule has 1 aliphatic carbocycles. The van der Waals surface area contributed by atoms with Crippen LogP contribution >= 0.6 is 0 Å². The molecule has 2 amide bonds. The number of hydrogen-bond donors (Lipinski definition) is 1. The molecule has 168 valence electrons. The standard InChI is InChI=1S/C25H36N4O2/c1-3-16-28(17-4-2)25(31)15-9-14-24(30)27-22-12-8-13-23-21(22)18-26-29(23)19-20-10-6-5-7-11-20/h5-7,10-11,18,22H,3-4,8-9,12-17,19H2,1-2H3,(H,27,30). The van der Waals surface area contributed by atoms with Crippen molar-refractivity contribution in [3.05, 3.63) is 53.3 Å². The van der Waals surface area contributed by atoms with Gasteiger partial charge in [0, 0.05) is 37.2 Å². The van der Waals surface area contributed by atoms with Gasteiger partial charge in [0.2, 0.25) is 11.8 Å². The van der Waals surface area contributed by atoms with E-state index in [4.69, 9.17) is 0 Å². The van der Waals surface area contributed by atoms with E-state index in [2.05, 4.69) is 41.1 Å². The van der Waals surface area contributed by atoms with E-state index in [9.17, 15) is 9.59 Å². The van der Waals surface area contributed by atoms with Crippen LogP contribution < -0.4 is 5.32 Å². The van der Waals surface area contributed by atoms with Gasteiger partial charge in [-0.1, -0.05) is 44.2 Å². The molecule has 6 heteroatoms. The summed E-state index contributed by atoms with van der Waals surface area (Å²) in [6, 6.07) is 10.4. The highest BCUT2D eigenvalue weighted by molar-refractivity contribution is 5.79. The van der Waals surface area contributed by atoms with Crippen LogP contribution in [0.25, 0.3) is 0 Å². The summed E-state index contributed by atoms with van der Waals surface area (Å²) in [5, 5.41) is 7.79. The SMILES string of the molecule is CCCN(CCC)C(=O)CCCC(=O)NC1CCCc2c1cnn2Cc1ccccc1. The fourth-order valence-electron chi connectivity index (χ4n) is 4.39. The largest absolute Gasteiger partial charge is 0.349 e.